The molecule has 3 N–H and O–H groups in total. The lowest BCUT2D eigenvalue weighted by Crippen LogP contribution is -2.30. The summed E-state index contributed by atoms with van der Waals surface area (Å²) in [7, 11) is -9.90. The molecule has 93 heavy (non-hydrogen) atoms. The predicted octanol–water partition coefficient (Wildman–Crippen LogP) is 21.4. The molecule has 0 heterocycles. The van der Waals surface area contributed by atoms with Gasteiger partial charge in [-0.05, 0) is 43.4 Å². The molecule has 0 aliphatic rings. The van der Waals surface area contributed by atoms with Gasteiger partial charge in [0.15, 0.2) is 12.2 Å². The number of ether oxygens (including phenoxy) is 4. The topological polar surface area (TPSA) is 237 Å². The fourth-order valence-corrected chi connectivity index (χ4v) is 12.8. The third-order valence-electron chi connectivity index (χ3n) is 17.5. The van der Waals surface area contributed by atoms with Crippen LogP contribution in [0.1, 0.15) is 376 Å². The van der Waals surface area contributed by atoms with Crippen molar-refractivity contribution in [2.75, 3.05) is 39.6 Å². The van der Waals surface area contributed by atoms with Crippen LogP contribution in [0.2, 0.25) is 0 Å². The first-order chi connectivity index (χ1) is 44.8. The van der Waals surface area contributed by atoms with Gasteiger partial charge in [-0.1, -0.05) is 325 Å². The summed E-state index contributed by atoms with van der Waals surface area (Å²) in [6.07, 6.45) is 50.2. The number of esters is 4. The molecule has 0 fully saturated rings. The van der Waals surface area contributed by atoms with Crippen molar-refractivity contribution < 1.29 is 80.2 Å². The summed E-state index contributed by atoms with van der Waals surface area (Å²) < 4.78 is 68.3. The van der Waals surface area contributed by atoms with Crippen molar-refractivity contribution >= 4 is 39.5 Å². The second-order valence-corrected chi connectivity index (χ2v) is 30.8. The Morgan fingerprint density at radius 1 is 0.312 bits per heavy atom. The average molecular weight is 1370 g/mol. The lowest BCUT2D eigenvalue weighted by Gasteiger charge is -2.21. The van der Waals surface area contributed by atoms with Gasteiger partial charge >= 0.3 is 39.5 Å². The van der Waals surface area contributed by atoms with Crippen LogP contribution in [-0.2, 0) is 65.4 Å². The van der Waals surface area contributed by atoms with E-state index >= 15 is 0 Å². The molecule has 6 atom stereocenters. The molecule has 0 saturated carbocycles. The summed E-state index contributed by atoms with van der Waals surface area (Å²) in [6.45, 7) is 11.9. The monoisotopic (exact) mass is 1370 g/mol. The Labute approximate surface area is 568 Å². The van der Waals surface area contributed by atoms with Crippen LogP contribution in [0.25, 0.3) is 0 Å². The average Bonchev–Trinajstić information content (AvgIpc) is 2.93. The first-order valence-electron chi connectivity index (χ1n) is 38.4. The molecule has 0 saturated heterocycles. The Morgan fingerprint density at radius 2 is 0.548 bits per heavy atom. The van der Waals surface area contributed by atoms with Gasteiger partial charge in [0, 0.05) is 25.7 Å². The van der Waals surface area contributed by atoms with Crippen LogP contribution < -0.4 is 0 Å². The van der Waals surface area contributed by atoms with Crippen LogP contribution in [0.15, 0.2) is 0 Å². The molecule has 0 bridgehead atoms. The molecule has 17 nitrogen and oxygen atoms in total. The Kier molecular flexibility index (Phi) is 63.4. The van der Waals surface area contributed by atoms with E-state index in [-0.39, 0.29) is 25.7 Å². The number of hydrogen-bond donors (Lipinski definition) is 3. The molecular formula is C74H144O17P2. The molecule has 0 aliphatic carbocycles. The number of carbonyl (C=O) groups excluding carboxylic acids is 4. The largest absolute Gasteiger partial charge is 0.472 e. The van der Waals surface area contributed by atoms with Gasteiger partial charge in [0.2, 0.25) is 0 Å². The molecule has 0 aromatic heterocycles. The van der Waals surface area contributed by atoms with E-state index in [1.165, 1.54) is 173 Å². The standard InChI is InChI=1S/C74H144O17P2/c1-8-10-11-12-31-41-48-55-71(76)84-61-69(90-74(79)58-51-44-37-30-24-26-33-39-46-53-66(5)6)63-88-92(80,81)86-59-68(75)60-87-93(82,83)89-64-70(62-85-72(77)56-49-42-35-29-23-25-32-38-45-52-65(3)4)91-73(78)57-50-43-36-28-22-20-18-16-14-13-15-17-19-21-27-34-40-47-54-67(7)9-2/h65-70,75H,8-64H2,1-7H3,(H,80,81)(H,82,83)/t67?,68-,69+,70+/m0/s1. The molecule has 19 heteroatoms. The van der Waals surface area contributed by atoms with E-state index in [1.54, 1.807) is 0 Å². The predicted molar refractivity (Wildman–Crippen MR) is 377 cm³/mol. The van der Waals surface area contributed by atoms with Crippen molar-refractivity contribution in [2.24, 2.45) is 17.8 Å². The van der Waals surface area contributed by atoms with Crippen LogP contribution in [0.5, 0.6) is 0 Å². The van der Waals surface area contributed by atoms with Crippen molar-refractivity contribution in [1.29, 1.82) is 0 Å². The molecule has 0 aromatic rings. The van der Waals surface area contributed by atoms with Gasteiger partial charge < -0.3 is 33.8 Å². The highest BCUT2D eigenvalue weighted by atomic mass is 31.2. The third kappa shape index (κ3) is 67.0. The normalized spacial score (nSPS) is 14.4. The summed E-state index contributed by atoms with van der Waals surface area (Å²) in [5.74, 6) is 0.224. The summed E-state index contributed by atoms with van der Waals surface area (Å²) >= 11 is 0. The van der Waals surface area contributed by atoms with Crippen molar-refractivity contribution in [2.45, 2.75) is 394 Å². The zero-order valence-corrected chi connectivity index (χ0v) is 62.5. The smallest absolute Gasteiger partial charge is 0.462 e. The van der Waals surface area contributed by atoms with E-state index in [9.17, 15) is 43.2 Å². The molecule has 0 aromatic carbocycles. The first-order valence-corrected chi connectivity index (χ1v) is 41.4. The number of rotatable bonds is 72. The Morgan fingerprint density at radius 3 is 0.817 bits per heavy atom. The minimum absolute atomic E-state index is 0.105. The number of hydrogen-bond acceptors (Lipinski definition) is 15. The fourth-order valence-electron chi connectivity index (χ4n) is 11.2. The molecule has 0 radical (unpaired) electrons. The minimum atomic E-state index is -4.95. The van der Waals surface area contributed by atoms with E-state index in [0.717, 1.165) is 120 Å². The Balaban J connectivity index is 5.14. The van der Waals surface area contributed by atoms with Crippen molar-refractivity contribution in [1.82, 2.24) is 0 Å². The summed E-state index contributed by atoms with van der Waals surface area (Å²) in [6, 6.07) is 0. The quantitative estimate of drug-likeness (QED) is 0.0222. The van der Waals surface area contributed by atoms with Crippen LogP contribution in [-0.4, -0.2) is 96.7 Å². The highest BCUT2D eigenvalue weighted by Gasteiger charge is 2.30. The first kappa shape index (κ1) is 91.1. The van der Waals surface area contributed by atoms with Crippen LogP contribution in [0.3, 0.4) is 0 Å². The summed E-state index contributed by atoms with van der Waals surface area (Å²) in [5.41, 5.74) is 0. The minimum Gasteiger partial charge on any atom is -0.462 e. The number of phosphoric ester groups is 2. The Bertz CT molecular complexity index is 1820. The highest BCUT2D eigenvalue weighted by Crippen LogP contribution is 2.45. The van der Waals surface area contributed by atoms with Gasteiger partial charge in [-0.25, -0.2) is 9.13 Å². The number of phosphoric acid groups is 2. The van der Waals surface area contributed by atoms with Crippen molar-refractivity contribution in [3.05, 3.63) is 0 Å². The second kappa shape index (κ2) is 64.7. The van der Waals surface area contributed by atoms with E-state index < -0.39 is 97.5 Å². The maximum absolute atomic E-state index is 13.1. The SMILES string of the molecule is CCCCCCCCCC(=O)OC[C@H](COP(=O)(O)OC[C@H](O)COP(=O)(O)OC[C@@H](COC(=O)CCCCCCCCCCCC(C)C)OC(=O)CCCCCCCCCCCCCCCCCCCCC(C)CC)OC(=O)CCCCCCCCCCCC(C)C. The lowest BCUT2D eigenvalue weighted by molar-refractivity contribution is -0.161. The van der Waals surface area contributed by atoms with Crippen molar-refractivity contribution in [3.63, 3.8) is 0 Å². The third-order valence-corrected chi connectivity index (χ3v) is 19.4. The molecule has 0 rings (SSSR count). The van der Waals surface area contributed by atoms with Crippen molar-refractivity contribution in [3.8, 4) is 0 Å². The number of aliphatic hydroxyl groups excluding tert-OH is 1. The lowest BCUT2D eigenvalue weighted by atomic mass is 9.99. The van der Waals surface area contributed by atoms with Crippen LogP contribution in [0.4, 0.5) is 0 Å². The highest BCUT2D eigenvalue weighted by molar-refractivity contribution is 7.47. The second-order valence-electron chi connectivity index (χ2n) is 27.9. The van der Waals surface area contributed by atoms with E-state index in [2.05, 4.69) is 48.5 Å². The maximum atomic E-state index is 13.1. The summed E-state index contributed by atoms with van der Waals surface area (Å²) in [4.78, 5) is 72.5. The molecule has 0 spiro atoms. The number of aliphatic hydroxyl groups is 1. The zero-order valence-electron chi connectivity index (χ0n) is 60.7. The molecule has 0 amide bonds. The van der Waals surface area contributed by atoms with E-state index in [1.807, 2.05) is 0 Å². The van der Waals surface area contributed by atoms with Gasteiger partial charge in [-0.3, -0.25) is 37.3 Å². The maximum Gasteiger partial charge on any atom is 0.472 e. The zero-order chi connectivity index (χ0) is 68.7. The molecule has 552 valence electrons. The summed E-state index contributed by atoms with van der Waals surface area (Å²) in [5, 5.41) is 10.6. The van der Waals surface area contributed by atoms with E-state index in [4.69, 9.17) is 37.0 Å². The van der Waals surface area contributed by atoms with Gasteiger partial charge in [0.05, 0.1) is 26.4 Å². The van der Waals surface area contributed by atoms with E-state index in [0.29, 0.717) is 25.7 Å². The Hall–Kier alpha value is -1.94. The van der Waals surface area contributed by atoms with Gasteiger partial charge in [0.25, 0.3) is 0 Å². The molecular weight excluding hydrogens is 1220 g/mol. The van der Waals surface area contributed by atoms with Crippen LogP contribution >= 0.6 is 15.6 Å². The number of carbonyl (C=O) groups is 4. The molecule has 3 unspecified atom stereocenters. The van der Waals surface area contributed by atoms with Gasteiger partial charge in [-0.2, -0.15) is 0 Å². The fraction of sp³-hybridized carbons (Fsp3) is 0.946. The van der Waals surface area contributed by atoms with Gasteiger partial charge in [0.1, 0.15) is 19.3 Å². The van der Waals surface area contributed by atoms with Gasteiger partial charge in [-0.15, -0.1) is 0 Å². The van der Waals surface area contributed by atoms with Crippen LogP contribution in [0, 0.1) is 17.8 Å². The molecule has 0 aliphatic heterocycles. The number of unbranched alkanes of at least 4 members (excludes halogenated alkanes) is 39.